The van der Waals surface area contributed by atoms with Crippen molar-refractivity contribution in [2.45, 2.75) is 20.4 Å². The van der Waals surface area contributed by atoms with Gasteiger partial charge in [-0.15, -0.1) is 0 Å². The highest BCUT2D eigenvalue weighted by Gasteiger charge is 2.10. The Morgan fingerprint density at radius 2 is 1.88 bits per heavy atom. The van der Waals surface area contributed by atoms with Crippen molar-refractivity contribution in [3.05, 3.63) is 82.3 Å². The summed E-state index contributed by atoms with van der Waals surface area (Å²) >= 11 is 6.14. The lowest BCUT2D eigenvalue weighted by molar-refractivity contribution is 0.0945. The van der Waals surface area contributed by atoms with Gasteiger partial charge in [0.15, 0.2) is 0 Å². The molecule has 2 aromatic carbocycles. The van der Waals surface area contributed by atoms with Crippen LogP contribution in [0.5, 0.6) is 0 Å². The predicted octanol–water partition coefficient (Wildman–Crippen LogP) is 4.42. The molecule has 6 heteroatoms. The Morgan fingerprint density at radius 3 is 2.69 bits per heavy atom. The second-order valence-electron chi connectivity index (χ2n) is 5.94. The molecule has 26 heavy (non-hydrogen) atoms. The van der Waals surface area contributed by atoms with Gasteiger partial charge in [-0.2, -0.15) is 0 Å². The number of hydrogen-bond acceptors (Lipinski definition) is 4. The summed E-state index contributed by atoms with van der Waals surface area (Å²) in [5, 5.41) is 6.73. The maximum atomic E-state index is 12.4. The minimum atomic E-state index is -0.249. The zero-order valence-electron chi connectivity index (χ0n) is 14.6. The first-order valence-electron chi connectivity index (χ1n) is 8.21. The molecule has 1 heterocycles. The molecule has 5 nitrogen and oxygen atoms in total. The van der Waals surface area contributed by atoms with Gasteiger partial charge in [-0.3, -0.25) is 4.79 Å². The van der Waals surface area contributed by atoms with Crippen molar-refractivity contribution in [1.82, 2.24) is 15.3 Å². The number of aromatic nitrogens is 2. The molecule has 1 aromatic heterocycles. The van der Waals surface area contributed by atoms with Gasteiger partial charge in [-0.1, -0.05) is 41.9 Å². The van der Waals surface area contributed by atoms with Gasteiger partial charge >= 0.3 is 0 Å². The van der Waals surface area contributed by atoms with E-state index >= 15 is 0 Å². The van der Waals surface area contributed by atoms with Gasteiger partial charge in [0, 0.05) is 23.3 Å². The van der Waals surface area contributed by atoms with Gasteiger partial charge in [0.25, 0.3) is 5.91 Å². The molecular weight excluding hydrogens is 348 g/mol. The molecule has 2 N–H and O–H groups in total. The van der Waals surface area contributed by atoms with Crippen molar-refractivity contribution in [3.63, 3.8) is 0 Å². The molecule has 3 rings (SSSR count). The lowest BCUT2D eigenvalue weighted by atomic mass is 10.1. The van der Waals surface area contributed by atoms with Crippen molar-refractivity contribution in [3.8, 4) is 0 Å². The zero-order chi connectivity index (χ0) is 18.5. The molecule has 0 aliphatic rings. The first kappa shape index (κ1) is 17.9. The summed E-state index contributed by atoms with van der Waals surface area (Å²) in [4.78, 5) is 20.6. The van der Waals surface area contributed by atoms with Crippen LogP contribution in [-0.4, -0.2) is 15.9 Å². The Bertz CT molecular complexity index is 943. The second-order valence-corrected chi connectivity index (χ2v) is 6.34. The van der Waals surface area contributed by atoms with Gasteiger partial charge in [-0.25, -0.2) is 9.97 Å². The number of carbonyl (C=O) groups is 1. The van der Waals surface area contributed by atoms with E-state index in [-0.39, 0.29) is 5.91 Å². The molecule has 0 saturated heterocycles. The maximum Gasteiger partial charge on any atom is 0.270 e. The topological polar surface area (TPSA) is 66.9 Å². The Morgan fingerprint density at radius 1 is 1.08 bits per heavy atom. The van der Waals surface area contributed by atoms with Crippen LogP contribution >= 0.6 is 11.6 Å². The summed E-state index contributed by atoms with van der Waals surface area (Å²) in [6.07, 6.45) is 1.37. The lowest BCUT2D eigenvalue weighted by Crippen LogP contribution is -2.24. The van der Waals surface area contributed by atoms with E-state index in [0.717, 1.165) is 22.4 Å². The third-order valence-electron chi connectivity index (χ3n) is 4.13. The average Bonchev–Trinajstić information content (AvgIpc) is 2.65. The fourth-order valence-electron chi connectivity index (χ4n) is 2.51. The average molecular weight is 367 g/mol. The van der Waals surface area contributed by atoms with E-state index in [1.54, 1.807) is 6.07 Å². The number of hydrogen-bond donors (Lipinski definition) is 2. The van der Waals surface area contributed by atoms with Crippen LogP contribution in [0.1, 0.15) is 27.2 Å². The highest BCUT2D eigenvalue weighted by atomic mass is 35.5. The molecule has 0 fully saturated rings. The molecule has 1 amide bonds. The minimum absolute atomic E-state index is 0.249. The summed E-state index contributed by atoms with van der Waals surface area (Å²) in [5.74, 6) is 0.285. The molecule has 0 aliphatic heterocycles. The molecule has 132 valence electrons. The maximum absolute atomic E-state index is 12.4. The quantitative estimate of drug-likeness (QED) is 0.701. The highest BCUT2D eigenvalue weighted by Crippen LogP contribution is 2.25. The van der Waals surface area contributed by atoms with E-state index in [2.05, 4.69) is 20.6 Å². The lowest BCUT2D eigenvalue weighted by Gasteiger charge is -2.11. The number of halogens is 1. The molecule has 0 spiro atoms. The molecule has 0 unspecified atom stereocenters. The number of benzene rings is 2. The fourth-order valence-corrected chi connectivity index (χ4v) is 2.68. The molecular formula is C20H19ClN4O. The Hall–Kier alpha value is -2.92. The van der Waals surface area contributed by atoms with Crippen LogP contribution in [-0.2, 0) is 6.54 Å². The van der Waals surface area contributed by atoms with E-state index in [9.17, 15) is 4.79 Å². The third-order valence-corrected chi connectivity index (χ3v) is 4.54. The fraction of sp³-hybridized carbons (Fsp3) is 0.150. The van der Waals surface area contributed by atoms with Gasteiger partial charge in [0.2, 0.25) is 0 Å². The van der Waals surface area contributed by atoms with Crippen LogP contribution in [0.2, 0.25) is 5.02 Å². The van der Waals surface area contributed by atoms with Gasteiger partial charge in [0.1, 0.15) is 17.8 Å². The number of amides is 1. The Balaban J connectivity index is 1.71. The summed E-state index contributed by atoms with van der Waals surface area (Å²) in [5.41, 5.74) is 4.26. The summed E-state index contributed by atoms with van der Waals surface area (Å²) in [6.45, 7) is 4.38. The van der Waals surface area contributed by atoms with E-state index in [4.69, 9.17) is 11.6 Å². The molecule has 0 radical (unpaired) electrons. The van der Waals surface area contributed by atoms with E-state index in [1.807, 2.05) is 56.3 Å². The van der Waals surface area contributed by atoms with Gasteiger partial charge in [0.05, 0.1) is 0 Å². The van der Waals surface area contributed by atoms with Crippen LogP contribution in [0, 0.1) is 13.8 Å². The first-order chi connectivity index (χ1) is 12.5. The standard InChI is InChI=1S/C20H19ClN4O/c1-13-6-3-4-7-15(13)11-22-20(26)18-10-19(24-12-23-18)25-17-9-5-8-16(21)14(17)2/h3-10,12H,11H2,1-2H3,(H,22,26)(H,23,24,25). The predicted molar refractivity (Wildman–Crippen MR) is 104 cm³/mol. The van der Waals surface area contributed by atoms with Gasteiger partial charge < -0.3 is 10.6 Å². The molecule has 0 saturated carbocycles. The van der Waals surface area contributed by atoms with Crippen LogP contribution < -0.4 is 10.6 Å². The summed E-state index contributed by atoms with van der Waals surface area (Å²) in [6, 6.07) is 15.1. The zero-order valence-corrected chi connectivity index (χ0v) is 15.3. The molecule has 0 bridgehead atoms. The third kappa shape index (κ3) is 4.18. The van der Waals surface area contributed by atoms with E-state index < -0.39 is 0 Å². The highest BCUT2D eigenvalue weighted by molar-refractivity contribution is 6.31. The number of nitrogens with zero attached hydrogens (tertiary/aromatic N) is 2. The van der Waals surface area contributed by atoms with E-state index in [0.29, 0.717) is 23.1 Å². The number of anilines is 2. The Labute approximate surface area is 157 Å². The van der Waals surface area contributed by atoms with Crippen molar-refractivity contribution >= 4 is 29.0 Å². The van der Waals surface area contributed by atoms with Crippen molar-refractivity contribution in [2.24, 2.45) is 0 Å². The summed E-state index contributed by atoms with van der Waals surface area (Å²) in [7, 11) is 0. The van der Waals surface area contributed by atoms with Crippen LogP contribution in [0.4, 0.5) is 11.5 Å². The van der Waals surface area contributed by atoms with Crippen molar-refractivity contribution < 1.29 is 4.79 Å². The smallest absolute Gasteiger partial charge is 0.270 e. The van der Waals surface area contributed by atoms with Crippen molar-refractivity contribution in [1.29, 1.82) is 0 Å². The monoisotopic (exact) mass is 366 g/mol. The largest absolute Gasteiger partial charge is 0.347 e. The number of rotatable bonds is 5. The normalized spacial score (nSPS) is 10.4. The number of aryl methyl sites for hydroxylation is 1. The van der Waals surface area contributed by atoms with Crippen LogP contribution in [0.25, 0.3) is 0 Å². The Kier molecular flexibility index (Phi) is 5.49. The molecule has 0 atom stereocenters. The molecule has 0 aliphatic carbocycles. The van der Waals surface area contributed by atoms with E-state index in [1.165, 1.54) is 6.33 Å². The van der Waals surface area contributed by atoms with Gasteiger partial charge in [-0.05, 0) is 42.7 Å². The van der Waals surface area contributed by atoms with Crippen LogP contribution in [0.15, 0.2) is 54.9 Å². The number of carbonyl (C=O) groups excluding carboxylic acids is 1. The first-order valence-corrected chi connectivity index (χ1v) is 8.59. The summed E-state index contributed by atoms with van der Waals surface area (Å²) < 4.78 is 0. The second kappa shape index (κ2) is 7.97. The minimum Gasteiger partial charge on any atom is -0.347 e. The SMILES string of the molecule is Cc1ccccc1CNC(=O)c1cc(Nc2cccc(Cl)c2C)ncn1. The van der Waals surface area contributed by atoms with Crippen molar-refractivity contribution in [2.75, 3.05) is 5.32 Å². The number of nitrogens with one attached hydrogen (secondary N) is 2. The molecule has 3 aromatic rings. The van der Waals surface area contributed by atoms with Crippen LogP contribution in [0.3, 0.4) is 0 Å².